The number of aromatic nitrogens is 2. The molecule has 1 atom stereocenters. The van der Waals surface area contributed by atoms with E-state index in [1.807, 2.05) is 17.0 Å². The summed E-state index contributed by atoms with van der Waals surface area (Å²) in [6, 6.07) is 10.6. The van der Waals surface area contributed by atoms with Crippen molar-refractivity contribution in [3.8, 4) is 12.3 Å². The summed E-state index contributed by atoms with van der Waals surface area (Å²) in [6.45, 7) is 2.03. The van der Waals surface area contributed by atoms with Crippen LogP contribution in [0.1, 0.15) is 39.8 Å². The number of fused-ring (bicyclic) bond motifs is 2. The minimum Gasteiger partial charge on any atom is -0.478 e. The molecular formula is C22H19N3O3. The number of rotatable bonds is 4. The Hall–Kier alpha value is -3.59. The highest BCUT2D eigenvalue weighted by atomic mass is 16.4. The van der Waals surface area contributed by atoms with Crippen LogP contribution < -0.4 is 10.5 Å². The number of hydrogen-bond donors (Lipinski definition) is 2. The Labute approximate surface area is 161 Å². The molecule has 0 unspecified atom stereocenters. The molecule has 0 saturated carbocycles. The van der Waals surface area contributed by atoms with Crippen LogP contribution in [-0.2, 0) is 6.42 Å². The number of H-pyrrole nitrogens is 1. The molecule has 2 aromatic carbocycles. The second-order valence-corrected chi connectivity index (χ2v) is 6.93. The van der Waals surface area contributed by atoms with E-state index in [1.165, 1.54) is 0 Å². The molecule has 0 saturated heterocycles. The van der Waals surface area contributed by atoms with Crippen molar-refractivity contribution in [1.82, 2.24) is 9.97 Å². The van der Waals surface area contributed by atoms with Crippen LogP contribution in [0.2, 0.25) is 0 Å². The molecule has 1 aliphatic carbocycles. The lowest BCUT2D eigenvalue weighted by Crippen LogP contribution is -2.29. The number of aromatic carboxylic acids is 1. The number of carboxylic acid groups (broad SMARTS) is 1. The molecule has 1 aliphatic rings. The predicted octanol–water partition coefficient (Wildman–Crippen LogP) is 3.06. The SMILES string of the molecule is C#CCN(c1ccccc1C(=O)O)[C@H]1CCc2cc3nc(C)[nH]c(=O)c3cc21. The van der Waals surface area contributed by atoms with Crippen LogP contribution in [0, 0.1) is 19.3 Å². The van der Waals surface area contributed by atoms with Gasteiger partial charge in [-0.1, -0.05) is 18.1 Å². The van der Waals surface area contributed by atoms with Gasteiger partial charge in [-0.3, -0.25) is 4.79 Å². The van der Waals surface area contributed by atoms with Gasteiger partial charge in [0.15, 0.2) is 0 Å². The Kier molecular flexibility index (Phi) is 4.36. The number of anilines is 1. The van der Waals surface area contributed by atoms with Gasteiger partial charge < -0.3 is 15.0 Å². The van der Waals surface area contributed by atoms with Gasteiger partial charge in [0, 0.05) is 0 Å². The lowest BCUT2D eigenvalue weighted by Gasteiger charge is -2.31. The van der Waals surface area contributed by atoms with Crippen molar-refractivity contribution in [2.24, 2.45) is 0 Å². The van der Waals surface area contributed by atoms with Crippen LogP contribution in [0.3, 0.4) is 0 Å². The fraction of sp³-hybridized carbons (Fsp3) is 0.227. The first-order chi connectivity index (χ1) is 13.5. The molecule has 0 spiro atoms. The number of para-hydroxylation sites is 1. The zero-order valence-corrected chi connectivity index (χ0v) is 15.4. The maximum absolute atomic E-state index is 12.4. The minimum absolute atomic E-state index is 0.100. The van der Waals surface area contributed by atoms with Crippen molar-refractivity contribution in [2.45, 2.75) is 25.8 Å². The monoisotopic (exact) mass is 373 g/mol. The highest BCUT2D eigenvalue weighted by molar-refractivity contribution is 5.94. The van der Waals surface area contributed by atoms with Gasteiger partial charge in [0.05, 0.1) is 34.7 Å². The molecule has 3 aromatic rings. The number of hydrogen-bond acceptors (Lipinski definition) is 4. The molecule has 6 heteroatoms. The molecule has 1 aromatic heterocycles. The number of nitrogens with zero attached hydrogens (tertiary/aromatic N) is 2. The Morgan fingerprint density at radius 3 is 2.93 bits per heavy atom. The van der Waals surface area contributed by atoms with Crippen LogP contribution in [0.4, 0.5) is 5.69 Å². The topological polar surface area (TPSA) is 86.3 Å². The first-order valence-corrected chi connectivity index (χ1v) is 9.05. The summed E-state index contributed by atoms with van der Waals surface area (Å²) >= 11 is 0. The molecular weight excluding hydrogens is 354 g/mol. The molecule has 0 fully saturated rings. The van der Waals surface area contributed by atoms with Crippen LogP contribution in [0.15, 0.2) is 41.2 Å². The second-order valence-electron chi connectivity index (χ2n) is 6.93. The van der Waals surface area contributed by atoms with Crippen molar-refractivity contribution in [3.63, 3.8) is 0 Å². The predicted molar refractivity (Wildman–Crippen MR) is 108 cm³/mol. The van der Waals surface area contributed by atoms with Crippen molar-refractivity contribution >= 4 is 22.6 Å². The molecule has 0 amide bonds. The molecule has 0 aliphatic heterocycles. The molecule has 0 bridgehead atoms. The number of carbonyl (C=O) groups is 1. The largest absolute Gasteiger partial charge is 0.478 e. The molecule has 1 heterocycles. The molecule has 4 rings (SSSR count). The van der Waals surface area contributed by atoms with E-state index >= 15 is 0 Å². The number of benzene rings is 2. The fourth-order valence-corrected chi connectivity index (χ4v) is 4.03. The maximum atomic E-state index is 12.4. The number of aryl methyl sites for hydroxylation is 2. The maximum Gasteiger partial charge on any atom is 0.337 e. The summed E-state index contributed by atoms with van der Waals surface area (Å²) in [5.74, 6) is 2.23. The van der Waals surface area contributed by atoms with Gasteiger partial charge in [-0.25, -0.2) is 9.78 Å². The number of nitrogens with one attached hydrogen (secondary N) is 1. The first kappa shape index (κ1) is 17.8. The molecule has 2 N–H and O–H groups in total. The second kappa shape index (κ2) is 6.86. The molecule has 0 radical (unpaired) electrons. The van der Waals surface area contributed by atoms with E-state index < -0.39 is 5.97 Å². The third kappa shape index (κ3) is 2.91. The van der Waals surface area contributed by atoms with Crippen LogP contribution in [0.25, 0.3) is 10.9 Å². The van der Waals surface area contributed by atoms with Gasteiger partial charge in [-0.2, -0.15) is 0 Å². The van der Waals surface area contributed by atoms with Gasteiger partial charge in [0.25, 0.3) is 5.56 Å². The van der Waals surface area contributed by atoms with E-state index in [9.17, 15) is 14.7 Å². The van der Waals surface area contributed by atoms with Gasteiger partial charge in [0.1, 0.15) is 5.82 Å². The van der Waals surface area contributed by atoms with Gasteiger partial charge in [-0.15, -0.1) is 6.42 Å². The zero-order valence-electron chi connectivity index (χ0n) is 15.4. The van der Waals surface area contributed by atoms with Crippen LogP contribution in [-0.4, -0.2) is 27.6 Å². The molecule has 140 valence electrons. The van der Waals surface area contributed by atoms with Crippen molar-refractivity contribution < 1.29 is 9.90 Å². The average molecular weight is 373 g/mol. The highest BCUT2D eigenvalue weighted by Crippen LogP contribution is 2.40. The minimum atomic E-state index is -0.995. The Morgan fingerprint density at radius 2 is 2.18 bits per heavy atom. The summed E-state index contributed by atoms with van der Waals surface area (Å²) in [4.78, 5) is 33.2. The van der Waals surface area contributed by atoms with Crippen LogP contribution >= 0.6 is 0 Å². The number of carboxylic acids is 1. The lowest BCUT2D eigenvalue weighted by molar-refractivity contribution is 0.0697. The average Bonchev–Trinajstić information content (AvgIpc) is 3.07. The van der Waals surface area contributed by atoms with Crippen molar-refractivity contribution in [1.29, 1.82) is 0 Å². The van der Waals surface area contributed by atoms with Crippen molar-refractivity contribution in [3.05, 3.63) is 69.3 Å². The Bertz CT molecular complexity index is 1190. The summed E-state index contributed by atoms with van der Waals surface area (Å²) < 4.78 is 0. The molecule has 28 heavy (non-hydrogen) atoms. The smallest absolute Gasteiger partial charge is 0.337 e. The van der Waals surface area contributed by atoms with E-state index in [2.05, 4.69) is 15.9 Å². The lowest BCUT2D eigenvalue weighted by atomic mass is 10.0. The first-order valence-electron chi connectivity index (χ1n) is 9.05. The Balaban J connectivity index is 1.87. The van der Waals surface area contributed by atoms with E-state index in [1.54, 1.807) is 31.2 Å². The third-order valence-corrected chi connectivity index (χ3v) is 5.21. The quantitative estimate of drug-likeness (QED) is 0.687. The fourth-order valence-electron chi connectivity index (χ4n) is 4.03. The summed E-state index contributed by atoms with van der Waals surface area (Å²) in [5.41, 5.74) is 3.41. The van der Waals surface area contributed by atoms with Gasteiger partial charge in [-0.05, 0) is 55.2 Å². The van der Waals surface area contributed by atoms with E-state index in [-0.39, 0.29) is 23.7 Å². The summed E-state index contributed by atoms with van der Waals surface area (Å²) in [7, 11) is 0. The van der Waals surface area contributed by atoms with Crippen LogP contribution in [0.5, 0.6) is 0 Å². The normalized spacial score (nSPS) is 15.2. The summed E-state index contributed by atoms with van der Waals surface area (Å²) in [5, 5.41) is 10.1. The van der Waals surface area contributed by atoms with Gasteiger partial charge >= 0.3 is 5.97 Å². The zero-order chi connectivity index (χ0) is 19.8. The van der Waals surface area contributed by atoms with E-state index in [4.69, 9.17) is 6.42 Å². The standard InChI is InChI=1S/C22H19N3O3/c1-3-10-25(19-7-5-4-6-15(19)22(27)28)20-9-8-14-11-18-17(12-16(14)20)21(26)24-13(2)23-18/h1,4-7,11-12,20H,8-10H2,2H3,(H,27,28)(H,23,24,26)/t20-/m0/s1. The van der Waals surface area contributed by atoms with E-state index in [0.717, 1.165) is 24.0 Å². The van der Waals surface area contributed by atoms with Gasteiger partial charge in [0.2, 0.25) is 0 Å². The number of terminal acetylenes is 1. The summed E-state index contributed by atoms with van der Waals surface area (Å²) in [6.07, 6.45) is 7.22. The Morgan fingerprint density at radius 1 is 1.39 bits per heavy atom. The van der Waals surface area contributed by atoms with E-state index in [0.29, 0.717) is 22.4 Å². The highest BCUT2D eigenvalue weighted by Gasteiger charge is 2.30. The number of aromatic amines is 1. The van der Waals surface area contributed by atoms with Crippen molar-refractivity contribution in [2.75, 3.05) is 11.4 Å². The molecule has 6 nitrogen and oxygen atoms in total. The third-order valence-electron chi connectivity index (χ3n) is 5.21.